The van der Waals surface area contributed by atoms with Crippen LogP contribution in [0.5, 0.6) is 5.88 Å². The zero-order chi connectivity index (χ0) is 14.6. The SMILES string of the molecule is CC(F)(F)COc1ccc(CN)c(N2CCCCC2)n1. The number of ether oxygens (including phenoxy) is 1. The molecule has 20 heavy (non-hydrogen) atoms. The molecule has 112 valence electrons. The second-order valence-corrected chi connectivity index (χ2v) is 5.24. The second kappa shape index (κ2) is 6.35. The first-order valence-corrected chi connectivity index (χ1v) is 6.95. The Morgan fingerprint density at radius 2 is 2.00 bits per heavy atom. The number of hydrogen-bond acceptors (Lipinski definition) is 4. The summed E-state index contributed by atoms with van der Waals surface area (Å²) in [6.45, 7) is 2.39. The molecule has 0 atom stereocenters. The predicted octanol–water partition coefficient (Wildman–Crippen LogP) is 2.56. The summed E-state index contributed by atoms with van der Waals surface area (Å²) in [7, 11) is 0. The Hall–Kier alpha value is -1.43. The van der Waals surface area contributed by atoms with Crippen molar-refractivity contribution in [3.8, 4) is 5.88 Å². The maximum absolute atomic E-state index is 12.8. The number of halogens is 2. The molecule has 1 aromatic rings. The minimum atomic E-state index is -2.86. The molecular formula is C14H21F2N3O. The number of rotatable bonds is 5. The van der Waals surface area contributed by atoms with Crippen LogP contribution < -0.4 is 15.4 Å². The Morgan fingerprint density at radius 1 is 1.30 bits per heavy atom. The minimum Gasteiger partial charge on any atom is -0.471 e. The molecule has 6 heteroatoms. The van der Waals surface area contributed by atoms with Gasteiger partial charge in [0.05, 0.1) is 0 Å². The summed E-state index contributed by atoms with van der Waals surface area (Å²) < 4.78 is 30.7. The van der Waals surface area contributed by atoms with E-state index in [0.717, 1.165) is 44.2 Å². The molecule has 1 aromatic heterocycles. The standard InChI is InChI=1S/C14H21F2N3O/c1-14(15,16)10-20-12-6-5-11(9-17)13(18-12)19-7-3-2-4-8-19/h5-6H,2-4,7-10,17H2,1H3. The van der Waals surface area contributed by atoms with Gasteiger partial charge >= 0.3 is 0 Å². The van der Waals surface area contributed by atoms with Crippen molar-refractivity contribution < 1.29 is 13.5 Å². The van der Waals surface area contributed by atoms with Crippen LogP contribution in [0.15, 0.2) is 12.1 Å². The normalized spacial score (nSPS) is 16.3. The number of nitrogens with zero attached hydrogens (tertiary/aromatic N) is 2. The van der Waals surface area contributed by atoms with Crippen molar-refractivity contribution in [2.24, 2.45) is 5.73 Å². The van der Waals surface area contributed by atoms with Gasteiger partial charge in [-0.3, -0.25) is 0 Å². The molecule has 1 saturated heterocycles. The Labute approximate surface area is 117 Å². The van der Waals surface area contributed by atoms with Crippen LogP contribution in [0.25, 0.3) is 0 Å². The van der Waals surface area contributed by atoms with Gasteiger partial charge in [0.1, 0.15) is 5.82 Å². The third kappa shape index (κ3) is 4.03. The van der Waals surface area contributed by atoms with Gasteiger partial charge in [-0.15, -0.1) is 0 Å². The molecular weight excluding hydrogens is 264 g/mol. The molecule has 2 heterocycles. The molecule has 2 N–H and O–H groups in total. The lowest BCUT2D eigenvalue weighted by Crippen LogP contribution is -2.31. The van der Waals surface area contributed by atoms with Gasteiger partial charge in [-0.05, 0) is 25.3 Å². The van der Waals surface area contributed by atoms with Crippen molar-refractivity contribution >= 4 is 5.82 Å². The molecule has 0 spiro atoms. The van der Waals surface area contributed by atoms with Crippen LogP contribution in [0.1, 0.15) is 31.7 Å². The summed E-state index contributed by atoms with van der Waals surface area (Å²) in [5.41, 5.74) is 6.64. The molecule has 4 nitrogen and oxygen atoms in total. The third-order valence-electron chi connectivity index (χ3n) is 3.28. The quantitative estimate of drug-likeness (QED) is 0.903. The first-order chi connectivity index (χ1) is 9.49. The highest BCUT2D eigenvalue weighted by molar-refractivity contribution is 5.49. The lowest BCUT2D eigenvalue weighted by molar-refractivity contribution is -0.0242. The molecule has 1 aliphatic rings. The first kappa shape index (κ1) is 15.0. The summed E-state index contributed by atoms with van der Waals surface area (Å²) in [6.07, 6.45) is 3.44. The van der Waals surface area contributed by atoms with E-state index in [1.807, 2.05) is 0 Å². The maximum Gasteiger partial charge on any atom is 0.278 e. The van der Waals surface area contributed by atoms with Crippen molar-refractivity contribution in [1.82, 2.24) is 4.98 Å². The lowest BCUT2D eigenvalue weighted by atomic mass is 10.1. The second-order valence-electron chi connectivity index (χ2n) is 5.24. The van der Waals surface area contributed by atoms with E-state index in [1.165, 1.54) is 6.42 Å². The minimum absolute atomic E-state index is 0.226. The van der Waals surface area contributed by atoms with Crippen LogP contribution >= 0.6 is 0 Å². The molecule has 0 unspecified atom stereocenters. The number of pyridine rings is 1. The average Bonchev–Trinajstić information content (AvgIpc) is 2.45. The average molecular weight is 285 g/mol. The summed E-state index contributed by atoms with van der Waals surface area (Å²) in [6, 6.07) is 3.40. The Balaban J connectivity index is 2.15. The molecule has 0 radical (unpaired) electrons. The Morgan fingerprint density at radius 3 is 2.60 bits per heavy atom. The highest BCUT2D eigenvalue weighted by Crippen LogP contribution is 2.25. The molecule has 0 saturated carbocycles. The van der Waals surface area contributed by atoms with Crippen LogP contribution in [0.3, 0.4) is 0 Å². The van der Waals surface area contributed by atoms with Gasteiger partial charge in [0.2, 0.25) is 5.88 Å². The lowest BCUT2D eigenvalue weighted by Gasteiger charge is -2.29. The van der Waals surface area contributed by atoms with Crippen LogP contribution in [-0.4, -0.2) is 30.6 Å². The molecule has 0 aromatic carbocycles. The molecule has 2 rings (SSSR count). The van der Waals surface area contributed by atoms with Gasteiger partial charge in [0.15, 0.2) is 6.61 Å². The summed E-state index contributed by atoms with van der Waals surface area (Å²) >= 11 is 0. The fourth-order valence-electron chi connectivity index (χ4n) is 2.28. The topological polar surface area (TPSA) is 51.4 Å². The molecule has 1 aliphatic heterocycles. The van der Waals surface area contributed by atoms with E-state index >= 15 is 0 Å². The highest BCUT2D eigenvalue weighted by Gasteiger charge is 2.23. The number of nitrogens with two attached hydrogens (primary N) is 1. The van der Waals surface area contributed by atoms with Crippen molar-refractivity contribution in [2.45, 2.75) is 38.7 Å². The van der Waals surface area contributed by atoms with E-state index in [0.29, 0.717) is 6.54 Å². The first-order valence-electron chi connectivity index (χ1n) is 6.95. The van der Waals surface area contributed by atoms with E-state index in [9.17, 15) is 8.78 Å². The number of piperidine rings is 1. The van der Waals surface area contributed by atoms with Gasteiger partial charge in [0, 0.05) is 38.2 Å². The van der Waals surface area contributed by atoms with Gasteiger partial charge in [0.25, 0.3) is 5.92 Å². The van der Waals surface area contributed by atoms with E-state index < -0.39 is 12.5 Å². The number of aromatic nitrogens is 1. The third-order valence-corrected chi connectivity index (χ3v) is 3.28. The molecule has 0 bridgehead atoms. The van der Waals surface area contributed by atoms with E-state index in [2.05, 4.69) is 9.88 Å². The predicted molar refractivity (Wildman–Crippen MR) is 74.3 cm³/mol. The monoisotopic (exact) mass is 285 g/mol. The fourth-order valence-corrected chi connectivity index (χ4v) is 2.28. The van der Waals surface area contributed by atoms with Crippen LogP contribution in [-0.2, 0) is 6.54 Å². The van der Waals surface area contributed by atoms with Crippen molar-refractivity contribution in [3.63, 3.8) is 0 Å². The van der Waals surface area contributed by atoms with Crippen LogP contribution in [0, 0.1) is 0 Å². The van der Waals surface area contributed by atoms with E-state index in [1.54, 1.807) is 12.1 Å². The number of hydrogen-bond donors (Lipinski definition) is 1. The van der Waals surface area contributed by atoms with Crippen molar-refractivity contribution in [3.05, 3.63) is 17.7 Å². The van der Waals surface area contributed by atoms with Crippen molar-refractivity contribution in [2.75, 3.05) is 24.6 Å². The smallest absolute Gasteiger partial charge is 0.278 e. The summed E-state index contributed by atoms with van der Waals surface area (Å²) in [4.78, 5) is 6.52. The largest absolute Gasteiger partial charge is 0.471 e. The van der Waals surface area contributed by atoms with Crippen molar-refractivity contribution in [1.29, 1.82) is 0 Å². The Kier molecular flexibility index (Phi) is 4.75. The van der Waals surface area contributed by atoms with E-state index in [-0.39, 0.29) is 5.88 Å². The fraction of sp³-hybridized carbons (Fsp3) is 0.643. The Bertz CT molecular complexity index is 443. The molecule has 0 aliphatic carbocycles. The molecule has 0 amide bonds. The summed E-state index contributed by atoms with van der Waals surface area (Å²) in [5, 5.41) is 0. The summed E-state index contributed by atoms with van der Waals surface area (Å²) in [5.74, 6) is -1.87. The van der Waals surface area contributed by atoms with Gasteiger partial charge in [-0.1, -0.05) is 0 Å². The maximum atomic E-state index is 12.8. The zero-order valence-electron chi connectivity index (χ0n) is 11.7. The zero-order valence-corrected chi connectivity index (χ0v) is 11.7. The molecule has 1 fully saturated rings. The van der Waals surface area contributed by atoms with E-state index in [4.69, 9.17) is 10.5 Å². The number of alkyl halides is 2. The van der Waals surface area contributed by atoms with Crippen LogP contribution in [0.2, 0.25) is 0 Å². The van der Waals surface area contributed by atoms with Gasteiger partial charge in [-0.25, -0.2) is 8.78 Å². The van der Waals surface area contributed by atoms with Gasteiger partial charge < -0.3 is 15.4 Å². The number of anilines is 1. The van der Waals surface area contributed by atoms with Crippen LogP contribution in [0.4, 0.5) is 14.6 Å². The highest BCUT2D eigenvalue weighted by atomic mass is 19.3. The van der Waals surface area contributed by atoms with Gasteiger partial charge in [-0.2, -0.15) is 4.98 Å².